The van der Waals surface area contributed by atoms with Gasteiger partial charge in [0.05, 0.1) is 0 Å². The van der Waals surface area contributed by atoms with Crippen molar-refractivity contribution in [1.82, 2.24) is 20.1 Å². The minimum Gasteiger partial charge on any atom is -0.457 e. The molecule has 0 bridgehead atoms. The van der Waals surface area contributed by atoms with E-state index in [0.717, 1.165) is 23.4 Å². The minimum atomic E-state index is -0.721. The summed E-state index contributed by atoms with van der Waals surface area (Å²) in [6.07, 6.45) is 3.83. The van der Waals surface area contributed by atoms with Crippen LogP contribution in [0.15, 0.2) is 73.1 Å². The van der Waals surface area contributed by atoms with Crippen LogP contribution in [0.2, 0.25) is 0 Å². The molecule has 0 aliphatic carbocycles. The number of carbonyl (C=O) groups is 2. The molecular formula is C30H36N4O3. The van der Waals surface area contributed by atoms with Crippen LogP contribution in [-0.4, -0.2) is 58.3 Å². The Morgan fingerprint density at radius 2 is 1.70 bits per heavy atom. The molecule has 0 saturated heterocycles. The van der Waals surface area contributed by atoms with Crippen molar-refractivity contribution >= 4 is 11.8 Å². The summed E-state index contributed by atoms with van der Waals surface area (Å²) >= 11 is 0. The summed E-state index contributed by atoms with van der Waals surface area (Å²) in [5.74, 6) is 1.11. The zero-order valence-corrected chi connectivity index (χ0v) is 22.1. The third-order valence-electron chi connectivity index (χ3n) is 6.75. The zero-order valence-electron chi connectivity index (χ0n) is 22.1. The van der Waals surface area contributed by atoms with Crippen molar-refractivity contribution in [3.63, 3.8) is 0 Å². The highest BCUT2D eigenvalue weighted by molar-refractivity contribution is 5.98. The first kappa shape index (κ1) is 26.4. The standard InChI is InChI=1S/C30H36N4O3/c1-21(2)33(22(3)4)19-17-32-29(35)28-27-11-10-26(37-25-8-6-5-7-9-25)20-24(27)14-18-34(28)30(36)23-12-15-31-16-13-23/h5-13,15-16,20-22,28H,14,17-19H2,1-4H3,(H,32,35). The molecule has 1 atom stereocenters. The van der Waals surface area contributed by atoms with E-state index in [1.165, 1.54) is 0 Å². The molecular weight excluding hydrogens is 464 g/mol. The summed E-state index contributed by atoms with van der Waals surface area (Å²) in [6, 6.07) is 18.8. The van der Waals surface area contributed by atoms with E-state index >= 15 is 0 Å². The van der Waals surface area contributed by atoms with Crippen molar-refractivity contribution in [3.8, 4) is 11.5 Å². The molecule has 2 heterocycles. The molecule has 1 aliphatic heterocycles. The molecule has 1 N–H and O–H groups in total. The summed E-state index contributed by atoms with van der Waals surface area (Å²) in [6.45, 7) is 10.3. The highest BCUT2D eigenvalue weighted by atomic mass is 16.5. The topological polar surface area (TPSA) is 74.8 Å². The Morgan fingerprint density at radius 1 is 1.00 bits per heavy atom. The molecule has 4 rings (SSSR count). The average Bonchev–Trinajstić information content (AvgIpc) is 2.90. The van der Waals surface area contributed by atoms with Gasteiger partial charge in [0.2, 0.25) is 5.91 Å². The van der Waals surface area contributed by atoms with Crippen molar-refractivity contribution in [3.05, 3.63) is 89.7 Å². The SMILES string of the molecule is CC(C)N(CCNC(=O)C1c2ccc(Oc3ccccc3)cc2CCN1C(=O)c1ccncc1)C(C)C. The summed E-state index contributed by atoms with van der Waals surface area (Å²) in [5.41, 5.74) is 2.36. The number of amides is 2. The van der Waals surface area contributed by atoms with Gasteiger partial charge in [-0.15, -0.1) is 0 Å². The number of benzene rings is 2. The number of nitrogens with zero attached hydrogens (tertiary/aromatic N) is 3. The molecule has 0 saturated carbocycles. The quantitative estimate of drug-likeness (QED) is 0.455. The lowest BCUT2D eigenvalue weighted by atomic mass is 9.91. The van der Waals surface area contributed by atoms with Crippen LogP contribution in [0.5, 0.6) is 11.5 Å². The highest BCUT2D eigenvalue weighted by Gasteiger charge is 2.36. The fourth-order valence-corrected chi connectivity index (χ4v) is 4.97. The van der Waals surface area contributed by atoms with Crippen LogP contribution in [0.3, 0.4) is 0 Å². The number of pyridine rings is 1. The number of hydrogen-bond acceptors (Lipinski definition) is 5. The minimum absolute atomic E-state index is 0.174. The summed E-state index contributed by atoms with van der Waals surface area (Å²) < 4.78 is 6.03. The molecule has 0 fully saturated rings. The predicted octanol–water partition coefficient (Wildman–Crippen LogP) is 4.85. The van der Waals surface area contributed by atoms with Gasteiger partial charge in [-0.2, -0.15) is 0 Å². The van der Waals surface area contributed by atoms with Crippen molar-refractivity contribution in [2.45, 2.75) is 52.2 Å². The molecule has 1 aliphatic rings. The van der Waals surface area contributed by atoms with E-state index in [1.54, 1.807) is 29.4 Å². The number of hydrogen-bond donors (Lipinski definition) is 1. The van der Waals surface area contributed by atoms with Crippen LogP contribution in [0.4, 0.5) is 0 Å². The van der Waals surface area contributed by atoms with Crippen LogP contribution in [0.1, 0.15) is 55.2 Å². The molecule has 1 unspecified atom stereocenters. The van der Waals surface area contributed by atoms with Crippen molar-refractivity contribution in [1.29, 1.82) is 0 Å². The number of ether oxygens (including phenoxy) is 1. The number of para-hydroxylation sites is 1. The summed E-state index contributed by atoms with van der Waals surface area (Å²) in [5, 5.41) is 3.11. The smallest absolute Gasteiger partial charge is 0.254 e. The monoisotopic (exact) mass is 500 g/mol. The van der Waals surface area contributed by atoms with Crippen molar-refractivity contribution < 1.29 is 14.3 Å². The Hall–Kier alpha value is -3.71. The summed E-state index contributed by atoms with van der Waals surface area (Å²) in [4.78, 5) is 35.1. The van der Waals surface area contributed by atoms with Crippen LogP contribution >= 0.6 is 0 Å². The van der Waals surface area contributed by atoms with E-state index < -0.39 is 6.04 Å². The van der Waals surface area contributed by atoms with Crippen LogP contribution in [0, 0.1) is 0 Å². The molecule has 1 aromatic heterocycles. The van der Waals surface area contributed by atoms with Crippen LogP contribution in [-0.2, 0) is 11.2 Å². The summed E-state index contributed by atoms with van der Waals surface area (Å²) in [7, 11) is 0. The lowest BCUT2D eigenvalue weighted by Gasteiger charge is -2.37. The first-order chi connectivity index (χ1) is 17.8. The van der Waals surface area contributed by atoms with Crippen molar-refractivity contribution in [2.24, 2.45) is 0 Å². The second kappa shape index (κ2) is 12.0. The Kier molecular flexibility index (Phi) is 8.56. The predicted molar refractivity (Wildman–Crippen MR) is 145 cm³/mol. The van der Waals surface area contributed by atoms with Gasteiger partial charge in [0.25, 0.3) is 5.91 Å². The van der Waals surface area contributed by atoms with Gasteiger partial charge in [0.1, 0.15) is 17.5 Å². The van der Waals surface area contributed by atoms with Gasteiger partial charge in [0.15, 0.2) is 0 Å². The molecule has 7 nitrogen and oxygen atoms in total. The lowest BCUT2D eigenvalue weighted by molar-refractivity contribution is -0.126. The number of nitrogens with one attached hydrogen (secondary N) is 1. The number of fused-ring (bicyclic) bond motifs is 1. The second-order valence-electron chi connectivity index (χ2n) is 9.88. The molecule has 2 aromatic carbocycles. The lowest BCUT2D eigenvalue weighted by Crippen LogP contribution is -2.49. The van der Waals surface area contributed by atoms with E-state index in [2.05, 4.69) is 42.9 Å². The first-order valence-corrected chi connectivity index (χ1v) is 13.0. The number of rotatable bonds is 9. The van der Waals surface area contributed by atoms with Crippen LogP contribution in [0.25, 0.3) is 0 Å². The highest BCUT2D eigenvalue weighted by Crippen LogP contribution is 2.34. The third-order valence-corrected chi connectivity index (χ3v) is 6.75. The maximum absolute atomic E-state index is 13.6. The largest absolute Gasteiger partial charge is 0.457 e. The number of aromatic nitrogens is 1. The Morgan fingerprint density at radius 3 is 2.38 bits per heavy atom. The van der Waals surface area contributed by atoms with Gasteiger partial charge < -0.3 is 15.0 Å². The number of carbonyl (C=O) groups excluding carboxylic acids is 2. The second-order valence-corrected chi connectivity index (χ2v) is 9.88. The average molecular weight is 501 g/mol. The van der Waals surface area contributed by atoms with E-state index in [0.29, 0.717) is 42.9 Å². The van der Waals surface area contributed by atoms with Gasteiger partial charge >= 0.3 is 0 Å². The molecule has 0 spiro atoms. The maximum Gasteiger partial charge on any atom is 0.254 e. The van der Waals surface area contributed by atoms with E-state index in [1.807, 2.05) is 48.5 Å². The van der Waals surface area contributed by atoms with Gasteiger partial charge in [0, 0.05) is 49.7 Å². The maximum atomic E-state index is 13.6. The van der Waals surface area contributed by atoms with Gasteiger partial charge in [-0.1, -0.05) is 24.3 Å². The Bertz CT molecular complexity index is 1190. The van der Waals surface area contributed by atoms with Crippen molar-refractivity contribution in [2.75, 3.05) is 19.6 Å². The molecule has 7 heteroatoms. The zero-order chi connectivity index (χ0) is 26.4. The molecule has 2 amide bonds. The van der Waals surface area contributed by atoms with E-state index in [4.69, 9.17) is 4.74 Å². The van der Waals surface area contributed by atoms with Gasteiger partial charge in [-0.05, 0) is 81.6 Å². The van der Waals surface area contributed by atoms with Gasteiger partial charge in [-0.25, -0.2) is 0 Å². The Labute approximate surface area is 219 Å². The van der Waals surface area contributed by atoms with Gasteiger partial charge in [-0.3, -0.25) is 19.5 Å². The fraction of sp³-hybridized carbons (Fsp3) is 0.367. The molecule has 37 heavy (non-hydrogen) atoms. The first-order valence-electron chi connectivity index (χ1n) is 13.0. The Balaban J connectivity index is 1.58. The molecule has 0 radical (unpaired) electrons. The normalized spacial score (nSPS) is 15.1. The molecule has 3 aromatic rings. The van der Waals surface area contributed by atoms with Crippen LogP contribution < -0.4 is 10.1 Å². The van der Waals surface area contributed by atoms with E-state index in [-0.39, 0.29) is 11.8 Å². The third kappa shape index (κ3) is 6.35. The van der Waals surface area contributed by atoms with E-state index in [9.17, 15) is 9.59 Å². The molecule has 194 valence electrons. The fourth-order valence-electron chi connectivity index (χ4n) is 4.97.